The van der Waals surface area contributed by atoms with Gasteiger partial charge in [-0.15, -0.1) is 0 Å². The van der Waals surface area contributed by atoms with Gasteiger partial charge in [0.2, 0.25) is 0 Å². The molecule has 1 fully saturated rings. The zero-order valence-corrected chi connectivity index (χ0v) is 6.44. The van der Waals surface area contributed by atoms with E-state index in [0.717, 1.165) is 12.8 Å². The van der Waals surface area contributed by atoms with Crippen LogP contribution in [0.3, 0.4) is 0 Å². The Hall–Kier alpha value is -0.160. The van der Waals surface area contributed by atoms with Gasteiger partial charge in [-0.25, -0.2) is 0 Å². The number of rotatable bonds is 2. The summed E-state index contributed by atoms with van der Waals surface area (Å²) in [6.07, 6.45) is 0.632. The molecule has 4 N–H and O–H groups in total. The largest absolute Gasteiger partial charge is 0.394 e. The Morgan fingerprint density at radius 3 is 2.73 bits per heavy atom. The lowest BCUT2D eigenvalue weighted by molar-refractivity contribution is -0.0833. The summed E-state index contributed by atoms with van der Waals surface area (Å²) < 4.78 is 5.21. The van der Waals surface area contributed by atoms with E-state index in [1.165, 1.54) is 0 Å². The summed E-state index contributed by atoms with van der Waals surface area (Å²) in [5, 5.41) is 17.7. The van der Waals surface area contributed by atoms with E-state index in [1.807, 2.05) is 0 Å². The summed E-state index contributed by atoms with van der Waals surface area (Å²) in [6.45, 7) is 0.252. The summed E-state index contributed by atoms with van der Waals surface area (Å²) in [5.41, 5.74) is 5.57. The molecule has 1 unspecified atom stereocenters. The first kappa shape index (κ1) is 8.93. The maximum absolute atomic E-state index is 9.15. The van der Waals surface area contributed by atoms with Crippen molar-refractivity contribution in [2.75, 3.05) is 13.2 Å². The van der Waals surface area contributed by atoms with E-state index in [4.69, 9.17) is 20.7 Å². The number of aliphatic hydroxyl groups excluding tert-OH is 2. The molecule has 0 aliphatic carbocycles. The van der Waals surface area contributed by atoms with Gasteiger partial charge in [0.15, 0.2) is 0 Å². The lowest BCUT2D eigenvalue weighted by Gasteiger charge is -2.29. The highest BCUT2D eigenvalue weighted by molar-refractivity contribution is 4.76. The number of hydrogen-bond donors (Lipinski definition) is 3. The predicted octanol–water partition coefficient (Wildman–Crippen LogP) is -1.15. The molecule has 0 amide bonds. The van der Waals surface area contributed by atoms with Gasteiger partial charge in [0.25, 0.3) is 0 Å². The SMILES string of the molecule is N[C@@H]1CC[C@@H](C(O)CO)OC1. The minimum absolute atomic E-state index is 0.0946. The topological polar surface area (TPSA) is 75.7 Å². The molecule has 4 heteroatoms. The highest BCUT2D eigenvalue weighted by Gasteiger charge is 2.24. The van der Waals surface area contributed by atoms with E-state index in [1.54, 1.807) is 0 Å². The molecule has 0 spiro atoms. The number of hydrogen-bond acceptors (Lipinski definition) is 4. The third kappa shape index (κ3) is 2.41. The number of ether oxygens (including phenoxy) is 1. The molecule has 4 nitrogen and oxygen atoms in total. The number of aliphatic hydroxyl groups is 2. The van der Waals surface area contributed by atoms with Crippen LogP contribution in [0.2, 0.25) is 0 Å². The molecule has 0 bridgehead atoms. The van der Waals surface area contributed by atoms with Gasteiger partial charge in [0.05, 0.1) is 19.3 Å². The lowest BCUT2D eigenvalue weighted by atomic mass is 10.0. The average Bonchev–Trinajstić information content (AvgIpc) is 2.05. The highest BCUT2D eigenvalue weighted by Crippen LogP contribution is 2.14. The summed E-state index contributed by atoms with van der Waals surface area (Å²) >= 11 is 0. The van der Waals surface area contributed by atoms with Crippen LogP contribution in [0.4, 0.5) is 0 Å². The predicted molar refractivity (Wildman–Crippen MR) is 40.0 cm³/mol. The third-order valence-electron chi connectivity index (χ3n) is 1.96. The first-order chi connectivity index (χ1) is 5.24. The second-order valence-electron chi connectivity index (χ2n) is 2.96. The Morgan fingerprint density at radius 2 is 2.27 bits per heavy atom. The van der Waals surface area contributed by atoms with Crippen molar-refractivity contribution >= 4 is 0 Å². The van der Waals surface area contributed by atoms with Gasteiger partial charge in [-0.3, -0.25) is 0 Å². The van der Waals surface area contributed by atoms with E-state index in [9.17, 15) is 0 Å². The summed E-state index contributed by atoms with van der Waals surface area (Å²) in [7, 11) is 0. The molecule has 0 saturated carbocycles. The van der Waals surface area contributed by atoms with Crippen molar-refractivity contribution in [3.63, 3.8) is 0 Å². The minimum Gasteiger partial charge on any atom is -0.394 e. The van der Waals surface area contributed by atoms with Crippen molar-refractivity contribution in [3.8, 4) is 0 Å². The molecule has 11 heavy (non-hydrogen) atoms. The van der Waals surface area contributed by atoms with Gasteiger partial charge < -0.3 is 20.7 Å². The minimum atomic E-state index is -0.748. The molecule has 1 saturated heterocycles. The van der Waals surface area contributed by atoms with Crippen LogP contribution < -0.4 is 5.73 Å². The van der Waals surface area contributed by atoms with Crippen LogP contribution in [0.15, 0.2) is 0 Å². The molecule has 1 aliphatic rings. The quantitative estimate of drug-likeness (QED) is 0.478. The maximum Gasteiger partial charge on any atom is 0.103 e. The summed E-state index contributed by atoms with van der Waals surface area (Å²) in [6, 6.07) is 0.0946. The fourth-order valence-corrected chi connectivity index (χ4v) is 1.21. The van der Waals surface area contributed by atoms with Crippen LogP contribution >= 0.6 is 0 Å². The molecular weight excluding hydrogens is 146 g/mol. The van der Waals surface area contributed by atoms with Gasteiger partial charge in [-0.2, -0.15) is 0 Å². The van der Waals surface area contributed by atoms with Gasteiger partial charge in [0.1, 0.15) is 6.10 Å². The summed E-state index contributed by atoms with van der Waals surface area (Å²) in [5.74, 6) is 0. The van der Waals surface area contributed by atoms with Crippen molar-refractivity contribution in [1.82, 2.24) is 0 Å². The molecule has 1 rings (SSSR count). The zero-order chi connectivity index (χ0) is 8.27. The molecule has 3 atom stereocenters. The Balaban J connectivity index is 2.27. The molecule has 0 aromatic carbocycles. The maximum atomic E-state index is 9.15. The van der Waals surface area contributed by atoms with Crippen LogP contribution in [0.25, 0.3) is 0 Å². The lowest BCUT2D eigenvalue weighted by Crippen LogP contribution is -2.42. The van der Waals surface area contributed by atoms with Crippen molar-refractivity contribution in [2.24, 2.45) is 5.73 Å². The average molecular weight is 161 g/mol. The molecule has 1 aliphatic heterocycles. The highest BCUT2D eigenvalue weighted by atomic mass is 16.5. The Kier molecular flexibility index (Phi) is 3.26. The zero-order valence-electron chi connectivity index (χ0n) is 6.44. The fourth-order valence-electron chi connectivity index (χ4n) is 1.21. The monoisotopic (exact) mass is 161 g/mol. The molecule has 66 valence electrons. The van der Waals surface area contributed by atoms with Crippen LogP contribution in [0.1, 0.15) is 12.8 Å². The van der Waals surface area contributed by atoms with Gasteiger partial charge in [0, 0.05) is 6.04 Å². The van der Waals surface area contributed by atoms with E-state index < -0.39 is 6.10 Å². The second-order valence-corrected chi connectivity index (χ2v) is 2.96. The Morgan fingerprint density at radius 1 is 1.55 bits per heavy atom. The third-order valence-corrected chi connectivity index (χ3v) is 1.96. The smallest absolute Gasteiger partial charge is 0.103 e. The van der Waals surface area contributed by atoms with Gasteiger partial charge in [-0.1, -0.05) is 0 Å². The molecule has 0 aromatic rings. The molecule has 1 heterocycles. The standard InChI is InChI=1S/C7H15NO3/c8-5-1-2-7(11-4-5)6(10)3-9/h5-7,9-10H,1-4,8H2/t5-,6?,7+/m1/s1. The van der Waals surface area contributed by atoms with E-state index in [2.05, 4.69) is 0 Å². The van der Waals surface area contributed by atoms with Gasteiger partial charge >= 0.3 is 0 Å². The van der Waals surface area contributed by atoms with E-state index in [-0.39, 0.29) is 18.8 Å². The Labute approximate surface area is 66.0 Å². The first-order valence-electron chi connectivity index (χ1n) is 3.90. The first-order valence-corrected chi connectivity index (χ1v) is 3.90. The van der Waals surface area contributed by atoms with Crippen LogP contribution in [0, 0.1) is 0 Å². The van der Waals surface area contributed by atoms with Crippen molar-refractivity contribution in [2.45, 2.75) is 31.1 Å². The van der Waals surface area contributed by atoms with Crippen molar-refractivity contribution < 1.29 is 14.9 Å². The number of nitrogens with two attached hydrogens (primary N) is 1. The van der Waals surface area contributed by atoms with Crippen LogP contribution in [0.5, 0.6) is 0 Å². The van der Waals surface area contributed by atoms with Crippen LogP contribution in [-0.4, -0.2) is 41.7 Å². The second kappa shape index (κ2) is 4.01. The van der Waals surface area contributed by atoms with Crippen molar-refractivity contribution in [3.05, 3.63) is 0 Å². The normalized spacial score (nSPS) is 35.2. The Bertz CT molecular complexity index is 112. The van der Waals surface area contributed by atoms with Crippen LogP contribution in [-0.2, 0) is 4.74 Å². The van der Waals surface area contributed by atoms with E-state index in [0.29, 0.717) is 6.61 Å². The molecular formula is C7H15NO3. The van der Waals surface area contributed by atoms with Crippen molar-refractivity contribution in [1.29, 1.82) is 0 Å². The van der Waals surface area contributed by atoms with E-state index >= 15 is 0 Å². The molecule has 0 radical (unpaired) electrons. The fraction of sp³-hybridized carbons (Fsp3) is 1.00. The molecule has 0 aromatic heterocycles. The summed E-state index contributed by atoms with van der Waals surface area (Å²) in [4.78, 5) is 0. The van der Waals surface area contributed by atoms with Gasteiger partial charge in [-0.05, 0) is 12.8 Å².